The van der Waals surface area contributed by atoms with Crippen LogP contribution in [-0.4, -0.2) is 192 Å². The van der Waals surface area contributed by atoms with Crippen molar-refractivity contribution in [3.8, 4) is 78.3 Å². The lowest BCUT2D eigenvalue weighted by molar-refractivity contribution is -0.288. The summed E-state index contributed by atoms with van der Waals surface area (Å²) in [6, 6.07) is 64.7. The van der Waals surface area contributed by atoms with Crippen LogP contribution in [0.25, 0.3) is 113 Å². The Labute approximate surface area is 813 Å². The molecule has 34 heteroatoms. The fourth-order valence-electron chi connectivity index (χ4n) is 18.4. The van der Waals surface area contributed by atoms with Crippen molar-refractivity contribution in [1.82, 2.24) is 30.6 Å². The topological polar surface area (TPSA) is 440 Å². The number of aromatic nitrogens is 4. The number of nitrogens with one attached hydrogen (secondary N) is 6. The number of esters is 8. The number of carbonyl (C=O) groups excluding carboxylic acids is 12. The smallest absolute Gasteiger partial charge is 0.407 e. The SMILES string of the molecule is CC(=O)OC[C@H]1O[C@@H](Oc2ccc(-c3c4nc(c(-c5ccc(NC(=O)[C@H](C)NC(=O)OCC6c7ccccc7-c7ccccc76)cc5)c5ccc([nH]5)c(-c5ccc(NC(=O)[C@H](C)NC(=O)OCC6c7ccccc7-c7ccccc76)cc5)c5nc(c(-c6ccc(O[C@@H]7O[C@H](COC(C)=O)[C@@H](OC(C)=O)[C@H](OC(C)=O)[C@H]7OC(C)=O)cc6)c6ccc3[nH]6)C=C5)C=C4)cc2)[C@H](OC(C)=O)[C@@H](OC(C)=O)[C@@H]1OC(C)=O. The Kier molecular flexibility index (Phi) is 28.8. The quantitative estimate of drug-likeness (QED) is 0.0196. The van der Waals surface area contributed by atoms with Crippen LogP contribution in [0.15, 0.2) is 218 Å². The number of fused-ring (bicyclic) bond motifs is 14. The Morgan fingerprint density at radius 3 is 0.859 bits per heavy atom. The number of alkyl carbamates (subject to hydrolysis) is 2. The molecule has 4 aliphatic heterocycles. The van der Waals surface area contributed by atoms with E-state index in [0.717, 1.165) is 99.9 Å². The number of aromatic amines is 2. The normalized spacial score (nSPS) is 18.9. The molecule has 0 unspecified atom stereocenters. The molecule has 34 nitrogen and oxygen atoms in total. The van der Waals surface area contributed by atoms with Crippen LogP contribution in [0.4, 0.5) is 21.0 Å². The average Bonchev–Trinajstić information content (AvgIpc) is 1.60. The molecule has 0 radical (unpaired) electrons. The van der Waals surface area contributed by atoms with Gasteiger partial charge in [0, 0.05) is 123 Å². The molecule has 17 rings (SSSR count). The highest BCUT2D eigenvalue weighted by Crippen LogP contribution is 2.48. The van der Waals surface area contributed by atoms with Crippen molar-refractivity contribution in [2.75, 3.05) is 37.1 Å². The summed E-state index contributed by atoms with van der Waals surface area (Å²) in [6.07, 6.45) is -9.26. The van der Waals surface area contributed by atoms with E-state index in [4.69, 9.17) is 76.3 Å². The molecule has 142 heavy (non-hydrogen) atoms. The van der Waals surface area contributed by atoms with Crippen molar-refractivity contribution in [3.63, 3.8) is 0 Å². The monoisotopic (exact) mass is 1920 g/mol. The van der Waals surface area contributed by atoms with Gasteiger partial charge in [-0.1, -0.05) is 146 Å². The minimum Gasteiger partial charge on any atom is -0.463 e. The lowest BCUT2D eigenvalue weighted by Gasteiger charge is -2.43. The molecule has 12 atom stereocenters. The number of benzene rings is 8. The molecule has 4 amide bonds. The minimum absolute atomic E-state index is 0.0316. The lowest BCUT2D eigenvalue weighted by atomic mass is 9.98. The molecular weight excluding hydrogens is 1830 g/mol. The average molecular weight is 1920 g/mol. The molecule has 3 aromatic heterocycles. The molecule has 7 heterocycles. The van der Waals surface area contributed by atoms with E-state index in [2.05, 4.69) is 31.2 Å². The van der Waals surface area contributed by atoms with Gasteiger partial charge in [-0.15, -0.1) is 0 Å². The summed E-state index contributed by atoms with van der Waals surface area (Å²) >= 11 is 0. The molecule has 11 aromatic rings. The van der Waals surface area contributed by atoms with E-state index in [1.54, 1.807) is 86.6 Å². The summed E-state index contributed by atoms with van der Waals surface area (Å²) in [4.78, 5) is 176. The van der Waals surface area contributed by atoms with Gasteiger partial charge in [0.05, 0.1) is 22.8 Å². The summed E-state index contributed by atoms with van der Waals surface area (Å²) in [5.74, 6) is -7.75. The maximum absolute atomic E-state index is 14.1. The predicted octanol–water partition coefficient (Wildman–Crippen LogP) is 16.0. The fourth-order valence-corrected chi connectivity index (χ4v) is 18.4. The third-order valence-electron chi connectivity index (χ3n) is 24.5. The number of nitrogens with zero attached hydrogens (tertiary/aromatic N) is 2. The van der Waals surface area contributed by atoms with E-state index in [1.807, 2.05) is 170 Å². The molecule has 8 aromatic carbocycles. The Bertz CT molecular complexity index is 6530. The van der Waals surface area contributed by atoms with Crippen LogP contribution in [0, 0.1) is 0 Å². The number of anilines is 2. The van der Waals surface area contributed by atoms with Gasteiger partial charge in [0.25, 0.3) is 0 Å². The molecule has 2 aliphatic carbocycles. The lowest BCUT2D eigenvalue weighted by Crippen LogP contribution is -2.63. The zero-order valence-corrected chi connectivity index (χ0v) is 78.5. The van der Waals surface area contributed by atoms with Crippen molar-refractivity contribution in [3.05, 3.63) is 263 Å². The van der Waals surface area contributed by atoms with E-state index in [0.29, 0.717) is 101 Å². The number of hydrogen-bond acceptors (Lipinski definition) is 28. The number of carbonyl (C=O) groups is 12. The van der Waals surface area contributed by atoms with E-state index in [-0.39, 0.29) is 36.5 Å². The molecule has 0 spiro atoms. The maximum atomic E-state index is 14.1. The summed E-state index contributed by atoms with van der Waals surface area (Å²) in [5.41, 5.74) is 17.3. The first kappa shape index (κ1) is 96.8. The van der Waals surface area contributed by atoms with Crippen molar-refractivity contribution >= 4 is 130 Å². The summed E-state index contributed by atoms with van der Waals surface area (Å²) in [5, 5.41) is 11.3. The van der Waals surface area contributed by atoms with E-state index < -0.39 is 158 Å². The highest BCUT2D eigenvalue weighted by atomic mass is 16.8. The van der Waals surface area contributed by atoms with Gasteiger partial charge in [0.2, 0.25) is 36.6 Å². The second-order valence-electron chi connectivity index (χ2n) is 34.4. The number of rotatable bonds is 28. The molecule has 0 saturated carbocycles. The molecule has 6 N–H and O–H groups in total. The third kappa shape index (κ3) is 21.7. The van der Waals surface area contributed by atoms with Crippen LogP contribution in [0.5, 0.6) is 11.5 Å². The van der Waals surface area contributed by atoms with E-state index >= 15 is 0 Å². The standard InChI is InChI=1S/C108H98N8O26/c1-55(109-107(127)131-51-81-77-23-15-11-19-73(77)74-20-12-16-24-78(74)81)103(125)111-69-35-27-65(28-36-69)93-83-43-44-84(113-83)94(66-29-37-70(38-30-66)112-104(126)56(2)110-108(128)132-52-82-79-25-17-13-21-75(79)76-22-14-18-26-80(76)82)86-46-48-88(115-86)96(68-33-41-72(42-34-68)140-106-102(138-64(10)124)100(136-62(8)122)98(134-60(6)120)92(142-106)54-130-58(4)118)90-50-49-89(116-90)95(87-47-45-85(93)114-87)67-31-39-71(40-32-67)139-105-101(137-63(9)123)99(135-61(7)121)97(133-59(5)119)91(141-105)53-129-57(3)117/h11-50,55-56,81-82,91-92,97-102,105-106,113,116H,51-54H2,1-10H3,(H,109,127)(H,110,128)(H,111,125)(H,112,126)/t55-,56-,91+,92+,97+,98+,99-,100-,101+,102+,105+,106+/m0/s1. The van der Waals surface area contributed by atoms with Gasteiger partial charge in [-0.05, 0) is 178 Å². The Morgan fingerprint density at radius 1 is 0.310 bits per heavy atom. The van der Waals surface area contributed by atoms with Crippen LogP contribution < -0.4 is 30.7 Å². The number of amides is 4. The van der Waals surface area contributed by atoms with Crippen molar-refractivity contribution < 1.29 is 124 Å². The summed E-state index contributed by atoms with van der Waals surface area (Å²) < 4.78 is 82.3. The zero-order valence-electron chi connectivity index (χ0n) is 78.5. The van der Waals surface area contributed by atoms with E-state index in [1.165, 1.54) is 0 Å². The first-order valence-electron chi connectivity index (χ1n) is 45.8. The second kappa shape index (κ2) is 42.2. The molecular formula is C108H98N8O26. The largest absolute Gasteiger partial charge is 0.463 e. The van der Waals surface area contributed by atoms with Crippen LogP contribution >= 0.6 is 0 Å². The molecule has 8 bridgehead atoms. The van der Waals surface area contributed by atoms with Crippen LogP contribution in [0.2, 0.25) is 0 Å². The highest BCUT2D eigenvalue weighted by Gasteiger charge is 2.55. The van der Waals surface area contributed by atoms with E-state index in [9.17, 15) is 57.5 Å². The summed E-state index contributed by atoms with van der Waals surface area (Å²) in [6.45, 7) is 11.1. The molecule has 2 fully saturated rings. The van der Waals surface area contributed by atoms with Gasteiger partial charge < -0.3 is 97.6 Å². The first-order valence-corrected chi connectivity index (χ1v) is 45.8. The predicted molar refractivity (Wildman–Crippen MR) is 518 cm³/mol. The second-order valence-corrected chi connectivity index (χ2v) is 34.4. The van der Waals surface area contributed by atoms with Crippen LogP contribution in [-0.2, 0) is 105 Å². The number of ether oxygens (including phenoxy) is 14. The maximum Gasteiger partial charge on any atom is 0.407 e. The first-order chi connectivity index (χ1) is 68.4. The van der Waals surface area contributed by atoms with Crippen molar-refractivity contribution in [2.24, 2.45) is 0 Å². The van der Waals surface area contributed by atoms with Gasteiger partial charge in [0.1, 0.15) is 62.2 Å². The Hall–Kier alpha value is -16.9. The Balaban J connectivity index is 0.764. The minimum atomic E-state index is -1.60. The van der Waals surface area contributed by atoms with Gasteiger partial charge in [0.15, 0.2) is 24.4 Å². The number of hydrogen-bond donors (Lipinski definition) is 6. The molecule has 726 valence electrons. The van der Waals surface area contributed by atoms with Gasteiger partial charge >= 0.3 is 59.9 Å². The van der Waals surface area contributed by atoms with Gasteiger partial charge in [-0.25, -0.2) is 19.6 Å². The Morgan fingerprint density at radius 2 is 0.577 bits per heavy atom. The highest BCUT2D eigenvalue weighted by molar-refractivity contribution is 6.03. The van der Waals surface area contributed by atoms with Crippen LogP contribution in [0.3, 0.4) is 0 Å². The van der Waals surface area contributed by atoms with Gasteiger partial charge in [-0.3, -0.25) is 47.9 Å². The van der Waals surface area contributed by atoms with Crippen molar-refractivity contribution in [2.45, 2.75) is 155 Å². The van der Waals surface area contributed by atoms with Gasteiger partial charge in [-0.2, -0.15) is 0 Å². The third-order valence-corrected chi connectivity index (χ3v) is 24.5. The molecule has 2 saturated heterocycles. The fraction of sp³-hybridized carbons (Fsp3) is 0.259. The zero-order chi connectivity index (χ0) is 99.8. The molecule has 6 aliphatic rings. The van der Waals surface area contributed by atoms with Crippen LogP contribution in [0.1, 0.15) is 126 Å². The summed E-state index contributed by atoms with van der Waals surface area (Å²) in [7, 11) is 0. The number of H-pyrrole nitrogens is 2. The van der Waals surface area contributed by atoms with Crippen molar-refractivity contribution in [1.29, 1.82) is 0 Å².